The van der Waals surface area contributed by atoms with Gasteiger partial charge in [0.15, 0.2) is 0 Å². The van der Waals surface area contributed by atoms with Gasteiger partial charge < -0.3 is 10.6 Å². The van der Waals surface area contributed by atoms with Gasteiger partial charge in [-0.15, -0.1) is 0 Å². The Bertz CT molecular complexity index is 513. The number of carbonyl (C=O) groups is 1. The molecule has 112 valence electrons. The van der Waals surface area contributed by atoms with Crippen LogP contribution in [0.15, 0.2) is 0 Å². The van der Waals surface area contributed by atoms with Crippen molar-refractivity contribution in [1.29, 1.82) is 0 Å². The molecular weight excluding hydrogens is 252 g/mol. The number of aryl methyl sites for hydroxylation is 2. The Kier molecular flexibility index (Phi) is 3.80. The average molecular weight is 278 g/mol. The van der Waals surface area contributed by atoms with E-state index in [-0.39, 0.29) is 11.3 Å². The summed E-state index contributed by atoms with van der Waals surface area (Å²) in [7, 11) is 1.79. The third-order valence-corrected chi connectivity index (χ3v) is 4.40. The molecule has 5 nitrogen and oxygen atoms in total. The molecule has 0 aromatic carbocycles. The first kappa shape index (κ1) is 14.9. The van der Waals surface area contributed by atoms with E-state index in [1.807, 2.05) is 11.8 Å². The molecule has 1 saturated heterocycles. The van der Waals surface area contributed by atoms with E-state index in [9.17, 15) is 4.79 Å². The van der Waals surface area contributed by atoms with Gasteiger partial charge in [-0.1, -0.05) is 27.7 Å². The standard InChI is InChI=1S/C15H26N4O/c1-6-11-12(16)13(18(5)17-11)14(20)19-8-7-10(9-19)15(2,3)4/h10H,6-9,16H2,1-5H3. The van der Waals surface area contributed by atoms with E-state index in [4.69, 9.17) is 5.73 Å². The molecule has 0 spiro atoms. The van der Waals surface area contributed by atoms with Gasteiger partial charge in [0.1, 0.15) is 5.69 Å². The fraction of sp³-hybridized carbons (Fsp3) is 0.733. The molecule has 1 aliphatic rings. The van der Waals surface area contributed by atoms with E-state index in [0.29, 0.717) is 17.3 Å². The topological polar surface area (TPSA) is 64.2 Å². The number of nitrogens with zero attached hydrogens (tertiary/aromatic N) is 3. The van der Waals surface area contributed by atoms with Crippen molar-refractivity contribution in [3.05, 3.63) is 11.4 Å². The Balaban J connectivity index is 2.20. The minimum absolute atomic E-state index is 0.0175. The smallest absolute Gasteiger partial charge is 0.274 e. The van der Waals surface area contributed by atoms with Crippen molar-refractivity contribution in [2.75, 3.05) is 18.8 Å². The minimum Gasteiger partial charge on any atom is -0.395 e. The highest BCUT2D eigenvalue weighted by atomic mass is 16.2. The molecule has 2 N–H and O–H groups in total. The number of carbonyl (C=O) groups excluding carboxylic acids is 1. The highest BCUT2D eigenvalue weighted by Crippen LogP contribution is 2.34. The minimum atomic E-state index is 0.0175. The van der Waals surface area contributed by atoms with Crippen molar-refractivity contribution in [1.82, 2.24) is 14.7 Å². The van der Waals surface area contributed by atoms with Crippen LogP contribution in [-0.4, -0.2) is 33.7 Å². The number of hydrogen-bond acceptors (Lipinski definition) is 3. The normalized spacial score (nSPS) is 19.6. The summed E-state index contributed by atoms with van der Waals surface area (Å²) < 4.78 is 1.63. The first-order valence-electron chi connectivity index (χ1n) is 7.36. The molecule has 1 unspecified atom stereocenters. The number of likely N-dealkylation sites (tertiary alicyclic amines) is 1. The maximum absolute atomic E-state index is 12.7. The fourth-order valence-corrected chi connectivity index (χ4v) is 2.91. The molecule has 5 heteroatoms. The van der Waals surface area contributed by atoms with Crippen LogP contribution in [0.25, 0.3) is 0 Å². The first-order valence-corrected chi connectivity index (χ1v) is 7.36. The van der Waals surface area contributed by atoms with Crippen LogP contribution >= 0.6 is 0 Å². The molecule has 0 bridgehead atoms. The Morgan fingerprint density at radius 2 is 2.10 bits per heavy atom. The molecule has 2 heterocycles. The van der Waals surface area contributed by atoms with Crippen molar-refractivity contribution in [3.8, 4) is 0 Å². The maximum Gasteiger partial charge on any atom is 0.274 e. The predicted molar refractivity (Wildman–Crippen MR) is 80.5 cm³/mol. The third-order valence-electron chi connectivity index (χ3n) is 4.40. The SMILES string of the molecule is CCc1nn(C)c(C(=O)N2CCC(C(C)(C)C)C2)c1N. The number of aromatic nitrogens is 2. The van der Waals surface area contributed by atoms with E-state index >= 15 is 0 Å². The number of rotatable bonds is 2. The van der Waals surface area contributed by atoms with Gasteiger partial charge in [0.05, 0.1) is 11.4 Å². The summed E-state index contributed by atoms with van der Waals surface area (Å²) in [6, 6.07) is 0. The second-order valence-electron chi connectivity index (χ2n) is 6.79. The Hall–Kier alpha value is -1.52. The van der Waals surface area contributed by atoms with Crippen LogP contribution in [0.5, 0.6) is 0 Å². The molecule has 20 heavy (non-hydrogen) atoms. The van der Waals surface area contributed by atoms with Crippen molar-refractivity contribution in [3.63, 3.8) is 0 Å². The van der Waals surface area contributed by atoms with Crippen molar-refractivity contribution >= 4 is 11.6 Å². The van der Waals surface area contributed by atoms with Gasteiger partial charge in [-0.2, -0.15) is 5.10 Å². The van der Waals surface area contributed by atoms with Gasteiger partial charge in [0.25, 0.3) is 5.91 Å². The van der Waals surface area contributed by atoms with Crippen LogP contribution in [0, 0.1) is 11.3 Å². The fourth-order valence-electron chi connectivity index (χ4n) is 2.91. The first-order chi connectivity index (χ1) is 9.25. The van der Waals surface area contributed by atoms with Crippen LogP contribution in [0.3, 0.4) is 0 Å². The van der Waals surface area contributed by atoms with Gasteiger partial charge in [-0.25, -0.2) is 0 Å². The van der Waals surface area contributed by atoms with E-state index < -0.39 is 0 Å². The number of amides is 1. The Labute approximate surface area is 121 Å². The van der Waals surface area contributed by atoms with Crippen LogP contribution in [0.2, 0.25) is 0 Å². The summed E-state index contributed by atoms with van der Waals surface area (Å²) >= 11 is 0. The highest BCUT2D eigenvalue weighted by molar-refractivity contribution is 5.98. The average Bonchev–Trinajstić information content (AvgIpc) is 2.93. The van der Waals surface area contributed by atoms with Crippen LogP contribution in [0.1, 0.15) is 50.3 Å². The van der Waals surface area contributed by atoms with E-state index in [1.54, 1.807) is 11.7 Å². The number of nitrogen functional groups attached to an aromatic ring is 1. The zero-order valence-electron chi connectivity index (χ0n) is 13.2. The lowest BCUT2D eigenvalue weighted by Crippen LogP contribution is -2.32. The van der Waals surface area contributed by atoms with Gasteiger partial charge in [-0.05, 0) is 24.2 Å². The number of hydrogen-bond donors (Lipinski definition) is 1. The van der Waals surface area contributed by atoms with Crippen LogP contribution in [0.4, 0.5) is 5.69 Å². The third kappa shape index (κ3) is 2.53. The Morgan fingerprint density at radius 3 is 2.55 bits per heavy atom. The molecule has 1 atom stereocenters. The van der Waals surface area contributed by atoms with Crippen molar-refractivity contribution in [2.24, 2.45) is 18.4 Å². The quantitative estimate of drug-likeness (QED) is 0.900. The summed E-state index contributed by atoms with van der Waals surface area (Å²) in [4.78, 5) is 14.6. The zero-order valence-corrected chi connectivity index (χ0v) is 13.2. The Morgan fingerprint density at radius 1 is 1.45 bits per heavy atom. The molecule has 1 aromatic heterocycles. The van der Waals surface area contributed by atoms with Gasteiger partial charge in [0.2, 0.25) is 0 Å². The van der Waals surface area contributed by atoms with E-state index in [1.165, 1.54) is 0 Å². The summed E-state index contributed by atoms with van der Waals surface area (Å²) in [5.41, 5.74) is 8.20. The lowest BCUT2D eigenvalue weighted by atomic mass is 9.80. The predicted octanol–water partition coefficient (Wildman–Crippen LogP) is 2.07. The highest BCUT2D eigenvalue weighted by Gasteiger charge is 2.35. The molecule has 2 rings (SSSR count). The monoisotopic (exact) mass is 278 g/mol. The van der Waals surface area contributed by atoms with Crippen LogP contribution < -0.4 is 5.73 Å². The van der Waals surface area contributed by atoms with Gasteiger partial charge >= 0.3 is 0 Å². The largest absolute Gasteiger partial charge is 0.395 e. The summed E-state index contributed by atoms with van der Waals surface area (Å²) in [5.74, 6) is 0.565. The van der Waals surface area contributed by atoms with Crippen LogP contribution in [-0.2, 0) is 13.5 Å². The summed E-state index contributed by atoms with van der Waals surface area (Å²) in [5, 5.41) is 4.33. The molecule has 1 aromatic rings. The van der Waals surface area contributed by atoms with Crippen molar-refractivity contribution < 1.29 is 4.79 Å². The molecule has 0 radical (unpaired) electrons. The molecule has 0 saturated carbocycles. The lowest BCUT2D eigenvalue weighted by Gasteiger charge is -2.27. The molecule has 1 aliphatic heterocycles. The molecule has 1 amide bonds. The molecule has 0 aliphatic carbocycles. The number of nitrogens with two attached hydrogens (primary N) is 1. The molecule has 1 fully saturated rings. The number of anilines is 1. The van der Waals surface area contributed by atoms with E-state index in [0.717, 1.165) is 31.6 Å². The second kappa shape index (κ2) is 5.11. The van der Waals surface area contributed by atoms with Crippen molar-refractivity contribution in [2.45, 2.75) is 40.5 Å². The van der Waals surface area contributed by atoms with Gasteiger partial charge in [-0.3, -0.25) is 9.48 Å². The zero-order chi connectivity index (χ0) is 15.1. The maximum atomic E-state index is 12.7. The van der Waals surface area contributed by atoms with E-state index in [2.05, 4.69) is 25.9 Å². The summed E-state index contributed by atoms with van der Waals surface area (Å²) in [6.07, 6.45) is 1.81. The molecular formula is C15H26N4O. The second-order valence-corrected chi connectivity index (χ2v) is 6.79. The summed E-state index contributed by atoms with van der Waals surface area (Å²) in [6.45, 7) is 10.3. The lowest BCUT2D eigenvalue weighted by molar-refractivity contribution is 0.0767. The van der Waals surface area contributed by atoms with Gasteiger partial charge in [0, 0.05) is 20.1 Å².